The molecule has 0 bridgehead atoms. The maximum atomic E-state index is 13.7. The Morgan fingerprint density at radius 3 is 1.74 bits per heavy atom. The SMILES string of the molecule is COc1ccc(S(=O)(=O)NCc2ccc(Br)c(F)c2)cc1S(=O)(=O)NCc1ccc(Br)c(F)c1. The Bertz CT molecular complexity index is 1440. The van der Waals surface area contributed by atoms with Crippen LogP contribution in [0.4, 0.5) is 8.78 Å². The third kappa shape index (κ3) is 6.40. The van der Waals surface area contributed by atoms with Gasteiger partial charge in [0, 0.05) is 13.1 Å². The van der Waals surface area contributed by atoms with E-state index in [1.165, 1.54) is 55.6 Å². The highest BCUT2D eigenvalue weighted by Crippen LogP contribution is 2.27. The molecule has 34 heavy (non-hydrogen) atoms. The number of methoxy groups -OCH3 is 1. The maximum absolute atomic E-state index is 13.7. The van der Waals surface area contributed by atoms with E-state index >= 15 is 0 Å². The van der Waals surface area contributed by atoms with E-state index < -0.39 is 36.6 Å². The zero-order chi connectivity index (χ0) is 25.1. The first-order valence-electron chi connectivity index (χ1n) is 9.48. The minimum Gasteiger partial charge on any atom is -0.495 e. The normalized spacial score (nSPS) is 12.0. The molecule has 0 unspecified atom stereocenters. The second-order valence-electron chi connectivity index (χ2n) is 6.96. The monoisotopic (exact) mass is 638 g/mol. The first kappa shape index (κ1) is 26.7. The molecule has 0 aliphatic carbocycles. The number of hydrogen-bond acceptors (Lipinski definition) is 5. The van der Waals surface area contributed by atoms with Gasteiger partial charge in [0.05, 0.1) is 21.0 Å². The van der Waals surface area contributed by atoms with Gasteiger partial charge in [0.1, 0.15) is 22.3 Å². The molecular weight excluding hydrogens is 622 g/mol. The summed E-state index contributed by atoms with van der Waals surface area (Å²) < 4.78 is 89.0. The molecule has 0 saturated carbocycles. The van der Waals surface area contributed by atoms with Crippen LogP contribution in [0.15, 0.2) is 73.3 Å². The number of benzene rings is 3. The summed E-state index contributed by atoms with van der Waals surface area (Å²) in [6.07, 6.45) is 0. The van der Waals surface area contributed by atoms with E-state index in [1.807, 2.05) is 0 Å². The molecule has 0 spiro atoms. The Morgan fingerprint density at radius 2 is 1.26 bits per heavy atom. The predicted molar refractivity (Wildman–Crippen MR) is 129 cm³/mol. The summed E-state index contributed by atoms with van der Waals surface area (Å²) in [5, 5.41) is 0. The van der Waals surface area contributed by atoms with Crippen molar-refractivity contribution in [2.24, 2.45) is 0 Å². The number of halogens is 4. The molecule has 182 valence electrons. The number of ether oxygens (including phenoxy) is 1. The molecule has 0 fully saturated rings. The van der Waals surface area contributed by atoms with Gasteiger partial charge in [-0.3, -0.25) is 0 Å². The summed E-state index contributed by atoms with van der Waals surface area (Å²) in [5.41, 5.74) is 0.726. The fourth-order valence-corrected chi connectivity index (χ4v) is 5.67. The molecule has 3 rings (SSSR count). The zero-order valence-electron chi connectivity index (χ0n) is 17.5. The van der Waals surface area contributed by atoms with Gasteiger partial charge in [-0.05, 0) is 85.5 Å². The molecule has 0 amide bonds. The Morgan fingerprint density at radius 1 is 0.765 bits per heavy atom. The van der Waals surface area contributed by atoms with Gasteiger partial charge in [-0.1, -0.05) is 12.1 Å². The first-order valence-corrected chi connectivity index (χ1v) is 14.0. The van der Waals surface area contributed by atoms with Crippen molar-refractivity contribution >= 4 is 51.9 Å². The van der Waals surface area contributed by atoms with Crippen molar-refractivity contribution in [3.8, 4) is 5.75 Å². The average Bonchev–Trinajstić information content (AvgIpc) is 2.80. The van der Waals surface area contributed by atoms with E-state index in [1.54, 1.807) is 0 Å². The Labute approximate surface area is 212 Å². The Hall–Kier alpha value is -1.90. The van der Waals surface area contributed by atoms with Crippen molar-refractivity contribution in [3.63, 3.8) is 0 Å². The van der Waals surface area contributed by atoms with Gasteiger partial charge in [-0.2, -0.15) is 0 Å². The molecule has 0 heterocycles. The van der Waals surface area contributed by atoms with Gasteiger partial charge in [0.25, 0.3) is 0 Å². The third-order valence-corrected chi connectivity index (χ3v) is 8.74. The summed E-state index contributed by atoms with van der Waals surface area (Å²) in [6, 6.07) is 11.6. The number of hydrogen-bond donors (Lipinski definition) is 2. The highest BCUT2D eigenvalue weighted by atomic mass is 79.9. The lowest BCUT2D eigenvalue weighted by Crippen LogP contribution is -2.26. The van der Waals surface area contributed by atoms with E-state index in [-0.39, 0.29) is 32.7 Å². The minimum atomic E-state index is -4.24. The van der Waals surface area contributed by atoms with Crippen LogP contribution < -0.4 is 14.2 Å². The zero-order valence-corrected chi connectivity index (χ0v) is 22.3. The quantitative estimate of drug-likeness (QED) is 0.360. The smallest absolute Gasteiger partial charge is 0.244 e. The van der Waals surface area contributed by atoms with E-state index in [0.717, 1.165) is 6.07 Å². The van der Waals surface area contributed by atoms with Crippen LogP contribution in [0.3, 0.4) is 0 Å². The number of sulfonamides is 2. The van der Waals surface area contributed by atoms with Crippen LogP contribution in [-0.4, -0.2) is 23.9 Å². The van der Waals surface area contributed by atoms with Crippen molar-refractivity contribution in [1.29, 1.82) is 0 Å². The van der Waals surface area contributed by atoms with E-state index in [0.29, 0.717) is 11.1 Å². The summed E-state index contributed by atoms with van der Waals surface area (Å²) >= 11 is 6.04. The van der Waals surface area contributed by atoms with Gasteiger partial charge >= 0.3 is 0 Å². The lowest BCUT2D eigenvalue weighted by atomic mass is 10.2. The van der Waals surface area contributed by atoms with Crippen LogP contribution in [0.1, 0.15) is 11.1 Å². The third-order valence-electron chi connectivity index (χ3n) is 4.64. The lowest BCUT2D eigenvalue weighted by molar-refractivity contribution is 0.401. The lowest BCUT2D eigenvalue weighted by Gasteiger charge is -2.13. The van der Waals surface area contributed by atoms with Crippen molar-refractivity contribution in [2.45, 2.75) is 22.9 Å². The fraction of sp³-hybridized carbons (Fsp3) is 0.143. The summed E-state index contributed by atoms with van der Waals surface area (Å²) in [7, 11) is -7.15. The molecule has 13 heteroatoms. The van der Waals surface area contributed by atoms with Gasteiger partial charge in [-0.15, -0.1) is 0 Å². The summed E-state index contributed by atoms with van der Waals surface area (Å²) in [5.74, 6) is -1.19. The van der Waals surface area contributed by atoms with Crippen molar-refractivity contribution in [1.82, 2.24) is 9.44 Å². The van der Waals surface area contributed by atoms with Crippen LogP contribution in [0.2, 0.25) is 0 Å². The molecule has 7 nitrogen and oxygen atoms in total. The fourth-order valence-electron chi connectivity index (χ4n) is 2.85. The molecule has 2 N–H and O–H groups in total. The second-order valence-corrected chi connectivity index (χ2v) is 12.2. The highest BCUT2D eigenvalue weighted by Gasteiger charge is 2.24. The van der Waals surface area contributed by atoms with Gasteiger partial charge < -0.3 is 4.74 Å². The van der Waals surface area contributed by atoms with Gasteiger partial charge in [-0.25, -0.2) is 35.1 Å². The van der Waals surface area contributed by atoms with Crippen LogP contribution in [0.25, 0.3) is 0 Å². The van der Waals surface area contributed by atoms with E-state index in [2.05, 4.69) is 41.3 Å². The highest BCUT2D eigenvalue weighted by molar-refractivity contribution is 9.10. The second kappa shape index (κ2) is 10.8. The number of nitrogens with one attached hydrogen (secondary N) is 2. The Balaban J connectivity index is 1.84. The predicted octanol–water partition coefficient (Wildman–Crippen LogP) is 4.46. The first-order chi connectivity index (χ1) is 15.9. The van der Waals surface area contributed by atoms with Crippen molar-refractivity contribution in [3.05, 3.63) is 86.3 Å². The maximum Gasteiger partial charge on any atom is 0.244 e. The van der Waals surface area contributed by atoms with Gasteiger partial charge in [0.15, 0.2) is 0 Å². The van der Waals surface area contributed by atoms with Gasteiger partial charge in [0.2, 0.25) is 20.0 Å². The summed E-state index contributed by atoms with van der Waals surface area (Å²) in [4.78, 5) is -0.744. The molecule has 0 aliphatic rings. The largest absolute Gasteiger partial charge is 0.495 e. The van der Waals surface area contributed by atoms with E-state index in [4.69, 9.17) is 4.74 Å². The van der Waals surface area contributed by atoms with Crippen molar-refractivity contribution in [2.75, 3.05) is 7.11 Å². The van der Waals surface area contributed by atoms with Crippen LogP contribution in [0, 0.1) is 11.6 Å². The van der Waals surface area contributed by atoms with Crippen LogP contribution in [-0.2, 0) is 33.1 Å². The molecule has 0 aliphatic heterocycles. The van der Waals surface area contributed by atoms with Crippen LogP contribution >= 0.6 is 31.9 Å². The molecule has 0 saturated heterocycles. The minimum absolute atomic E-state index is 0.0802. The van der Waals surface area contributed by atoms with E-state index in [9.17, 15) is 25.6 Å². The molecule has 3 aromatic rings. The molecule has 0 aromatic heterocycles. The molecular formula is C21H18Br2F2N2O5S2. The number of rotatable bonds is 9. The molecule has 0 atom stereocenters. The van der Waals surface area contributed by atoms with Crippen LogP contribution in [0.5, 0.6) is 5.75 Å². The average molecular weight is 640 g/mol. The standard InChI is InChI=1S/C21H18Br2F2N2O5S2/c1-32-20-7-4-15(33(28,29)26-11-13-2-5-16(22)18(24)8-13)10-21(20)34(30,31)27-12-14-3-6-17(23)19(25)9-14/h2-10,26-27H,11-12H2,1H3. The Kier molecular flexibility index (Phi) is 8.47. The molecule has 0 radical (unpaired) electrons. The molecule has 3 aromatic carbocycles. The summed E-state index contributed by atoms with van der Waals surface area (Å²) in [6.45, 7) is -0.450. The van der Waals surface area contributed by atoms with Crippen molar-refractivity contribution < 1.29 is 30.4 Å². The topological polar surface area (TPSA) is 102 Å².